The topological polar surface area (TPSA) is 43.4 Å². The summed E-state index contributed by atoms with van der Waals surface area (Å²) in [7, 11) is 1.51. The van der Waals surface area contributed by atoms with Crippen LogP contribution in [0.1, 0.15) is 19.3 Å². The second kappa shape index (κ2) is 5.95. The van der Waals surface area contributed by atoms with Crippen molar-refractivity contribution in [3.63, 3.8) is 0 Å². The fourth-order valence-corrected chi connectivity index (χ4v) is 1.84. The maximum atomic E-state index is 13.4. The van der Waals surface area contributed by atoms with Gasteiger partial charge in [0.15, 0.2) is 17.5 Å². The van der Waals surface area contributed by atoms with Crippen LogP contribution in [0.4, 0.5) is 14.6 Å². The van der Waals surface area contributed by atoms with Crippen LogP contribution in [-0.4, -0.2) is 31.3 Å². The number of pyridine rings is 1. The Morgan fingerprint density at radius 2 is 2.28 bits per heavy atom. The van der Waals surface area contributed by atoms with E-state index in [0.717, 1.165) is 25.3 Å². The highest BCUT2D eigenvalue weighted by molar-refractivity contribution is 5.38. The van der Waals surface area contributed by atoms with Crippen molar-refractivity contribution < 1.29 is 18.3 Å². The summed E-state index contributed by atoms with van der Waals surface area (Å²) in [6.07, 6.45) is 2.98. The standard InChI is InChI=1S/C12H16F2N2O2/c1-15-11-9(13)6-10(14)12(16-11)18-7-8-4-2-3-5-17-8/h6,8H,2-5,7H2,1H3,(H,15,16). The lowest BCUT2D eigenvalue weighted by molar-refractivity contribution is -0.0126. The Kier molecular flexibility index (Phi) is 4.30. The van der Waals surface area contributed by atoms with Crippen LogP contribution < -0.4 is 10.1 Å². The van der Waals surface area contributed by atoms with Crippen molar-refractivity contribution in [2.75, 3.05) is 25.6 Å². The lowest BCUT2D eigenvalue weighted by Crippen LogP contribution is -2.26. The number of hydrogen-bond donors (Lipinski definition) is 1. The van der Waals surface area contributed by atoms with E-state index < -0.39 is 11.6 Å². The molecular formula is C12H16F2N2O2. The van der Waals surface area contributed by atoms with Gasteiger partial charge in [-0.3, -0.25) is 0 Å². The Morgan fingerprint density at radius 3 is 2.94 bits per heavy atom. The zero-order valence-corrected chi connectivity index (χ0v) is 10.2. The molecule has 1 fully saturated rings. The van der Waals surface area contributed by atoms with Crippen LogP contribution in [0.2, 0.25) is 0 Å². The largest absolute Gasteiger partial charge is 0.473 e. The normalized spacial score (nSPS) is 19.6. The number of aromatic nitrogens is 1. The van der Waals surface area contributed by atoms with Gasteiger partial charge in [0.2, 0.25) is 0 Å². The molecule has 1 aliphatic heterocycles. The van der Waals surface area contributed by atoms with Gasteiger partial charge < -0.3 is 14.8 Å². The van der Waals surface area contributed by atoms with E-state index in [0.29, 0.717) is 6.61 Å². The van der Waals surface area contributed by atoms with E-state index >= 15 is 0 Å². The molecule has 1 aliphatic rings. The van der Waals surface area contributed by atoms with E-state index in [2.05, 4.69) is 10.3 Å². The van der Waals surface area contributed by atoms with Gasteiger partial charge in [-0.25, -0.2) is 8.78 Å². The van der Waals surface area contributed by atoms with Crippen molar-refractivity contribution in [3.8, 4) is 5.88 Å². The number of halogens is 2. The number of nitrogens with zero attached hydrogens (tertiary/aromatic N) is 1. The molecule has 0 radical (unpaired) electrons. The molecule has 0 spiro atoms. The summed E-state index contributed by atoms with van der Waals surface area (Å²) in [6, 6.07) is 0.760. The highest BCUT2D eigenvalue weighted by atomic mass is 19.1. The Bertz CT molecular complexity index is 409. The van der Waals surface area contributed by atoms with Crippen molar-refractivity contribution in [2.45, 2.75) is 25.4 Å². The number of ether oxygens (including phenoxy) is 2. The molecular weight excluding hydrogens is 242 g/mol. The van der Waals surface area contributed by atoms with Gasteiger partial charge in [-0.1, -0.05) is 0 Å². The van der Waals surface area contributed by atoms with Crippen molar-refractivity contribution in [2.24, 2.45) is 0 Å². The monoisotopic (exact) mass is 258 g/mol. The molecule has 1 N–H and O–H groups in total. The van der Waals surface area contributed by atoms with Crippen molar-refractivity contribution >= 4 is 5.82 Å². The minimum Gasteiger partial charge on any atom is -0.473 e. The second-order valence-corrected chi connectivity index (χ2v) is 4.16. The van der Waals surface area contributed by atoms with Crippen LogP contribution in [0, 0.1) is 11.6 Å². The predicted molar refractivity (Wildman–Crippen MR) is 62.8 cm³/mol. The summed E-state index contributed by atoms with van der Waals surface area (Å²) in [4.78, 5) is 3.74. The predicted octanol–water partition coefficient (Wildman–Crippen LogP) is 2.35. The van der Waals surface area contributed by atoms with Crippen LogP contribution in [0.25, 0.3) is 0 Å². The van der Waals surface area contributed by atoms with Gasteiger partial charge in [-0.2, -0.15) is 4.98 Å². The lowest BCUT2D eigenvalue weighted by Gasteiger charge is -2.22. The fraction of sp³-hybridized carbons (Fsp3) is 0.583. The molecule has 1 atom stereocenters. The summed E-state index contributed by atoms with van der Waals surface area (Å²) in [6.45, 7) is 0.938. The van der Waals surface area contributed by atoms with Gasteiger partial charge in [0.05, 0.1) is 6.10 Å². The van der Waals surface area contributed by atoms with E-state index in [1.165, 1.54) is 7.05 Å². The van der Waals surface area contributed by atoms with Crippen molar-refractivity contribution in [1.29, 1.82) is 0 Å². The van der Waals surface area contributed by atoms with Gasteiger partial charge >= 0.3 is 0 Å². The number of nitrogens with one attached hydrogen (secondary N) is 1. The molecule has 2 heterocycles. The first kappa shape index (κ1) is 13.0. The number of rotatable bonds is 4. The third-order valence-electron chi connectivity index (χ3n) is 2.81. The summed E-state index contributed by atoms with van der Waals surface area (Å²) >= 11 is 0. The molecule has 0 aliphatic carbocycles. The van der Waals surface area contributed by atoms with Crippen molar-refractivity contribution in [1.82, 2.24) is 4.98 Å². The molecule has 0 bridgehead atoms. The molecule has 2 rings (SSSR count). The van der Waals surface area contributed by atoms with Gasteiger partial charge in [0.25, 0.3) is 5.88 Å². The minimum absolute atomic E-state index is 0.0315. The number of hydrogen-bond acceptors (Lipinski definition) is 4. The molecule has 1 unspecified atom stereocenters. The van der Waals surface area contributed by atoms with Gasteiger partial charge in [-0.15, -0.1) is 0 Å². The van der Waals surface area contributed by atoms with E-state index in [1.807, 2.05) is 0 Å². The molecule has 0 aromatic carbocycles. The van der Waals surface area contributed by atoms with Gasteiger partial charge in [0, 0.05) is 19.7 Å². The maximum absolute atomic E-state index is 13.4. The Hall–Kier alpha value is -1.43. The van der Waals surface area contributed by atoms with Crippen LogP contribution >= 0.6 is 0 Å². The summed E-state index contributed by atoms with van der Waals surface area (Å²) < 4.78 is 37.3. The summed E-state index contributed by atoms with van der Waals surface area (Å²) in [5, 5.41) is 2.54. The fourth-order valence-electron chi connectivity index (χ4n) is 1.84. The van der Waals surface area contributed by atoms with Gasteiger partial charge in [0.1, 0.15) is 6.61 Å². The third kappa shape index (κ3) is 3.07. The summed E-state index contributed by atoms with van der Waals surface area (Å²) in [5.41, 5.74) is 0. The average molecular weight is 258 g/mol. The zero-order valence-electron chi connectivity index (χ0n) is 10.2. The zero-order chi connectivity index (χ0) is 13.0. The van der Waals surface area contributed by atoms with E-state index in [-0.39, 0.29) is 24.4 Å². The average Bonchev–Trinajstić information content (AvgIpc) is 2.39. The Balaban J connectivity index is 1.99. The van der Waals surface area contributed by atoms with E-state index in [4.69, 9.17) is 9.47 Å². The second-order valence-electron chi connectivity index (χ2n) is 4.16. The quantitative estimate of drug-likeness (QED) is 0.900. The first-order chi connectivity index (χ1) is 8.70. The molecule has 1 saturated heterocycles. The maximum Gasteiger partial charge on any atom is 0.252 e. The molecule has 1 aromatic rings. The van der Waals surface area contributed by atoms with E-state index in [1.54, 1.807) is 0 Å². The first-order valence-electron chi connectivity index (χ1n) is 5.99. The molecule has 100 valence electrons. The Morgan fingerprint density at radius 1 is 1.44 bits per heavy atom. The van der Waals surface area contributed by atoms with Crippen LogP contribution in [-0.2, 0) is 4.74 Å². The highest BCUT2D eigenvalue weighted by Gasteiger charge is 2.17. The van der Waals surface area contributed by atoms with E-state index in [9.17, 15) is 8.78 Å². The lowest BCUT2D eigenvalue weighted by atomic mass is 10.1. The van der Waals surface area contributed by atoms with Crippen LogP contribution in [0.3, 0.4) is 0 Å². The van der Waals surface area contributed by atoms with Crippen molar-refractivity contribution in [3.05, 3.63) is 17.7 Å². The third-order valence-corrected chi connectivity index (χ3v) is 2.81. The Labute approximate surface area is 104 Å². The summed E-state index contributed by atoms with van der Waals surface area (Å²) in [5.74, 6) is -1.77. The molecule has 1 aromatic heterocycles. The molecule has 0 saturated carbocycles. The van der Waals surface area contributed by atoms with Gasteiger partial charge in [-0.05, 0) is 19.3 Å². The SMILES string of the molecule is CNc1nc(OCC2CCCCO2)c(F)cc1F. The minimum atomic E-state index is -0.803. The number of anilines is 1. The highest BCUT2D eigenvalue weighted by Crippen LogP contribution is 2.21. The van der Waals surface area contributed by atoms with Crippen LogP contribution in [0.15, 0.2) is 6.07 Å². The molecule has 6 heteroatoms. The molecule has 4 nitrogen and oxygen atoms in total. The smallest absolute Gasteiger partial charge is 0.252 e. The molecule has 18 heavy (non-hydrogen) atoms. The van der Waals surface area contributed by atoms with Crippen LogP contribution in [0.5, 0.6) is 5.88 Å². The molecule has 0 amide bonds. The first-order valence-corrected chi connectivity index (χ1v) is 5.99.